The first-order valence-electron chi connectivity index (χ1n) is 8.19. The Kier molecular flexibility index (Phi) is 4.34. The summed E-state index contributed by atoms with van der Waals surface area (Å²) in [5.41, 5.74) is 0.529. The second-order valence-electron chi connectivity index (χ2n) is 6.08. The first kappa shape index (κ1) is 16.6. The molecular formula is C18H17N3O4S. The maximum absolute atomic E-state index is 13.0. The van der Waals surface area contributed by atoms with Crippen molar-refractivity contribution >= 4 is 17.2 Å². The molecule has 1 aromatic carbocycles. The van der Waals surface area contributed by atoms with Crippen LogP contribution in [0, 0.1) is 0 Å². The Balaban J connectivity index is 1.55. The standard InChI is InChI=1S/C18H17N3O4S/c1-11(2)21(9-16-19-17(20-25-16)15-4-3-7-26-15)18(22)12-5-6-13-14(8-12)24-10-23-13/h3-8,11H,9-10H2,1-2H3. The van der Waals surface area contributed by atoms with Gasteiger partial charge >= 0.3 is 0 Å². The van der Waals surface area contributed by atoms with E-state index in [1.807, 2.05) is 31.4 Å². The fraction of sp³-hybridized carbons (Fsp3) is 0.278. The van der Waals surface area contributed by atoms with Crippen LogP contribution in [0.3, 0.4) is 0 Å². The molecule has 1 aliphatic rings. The molecule has 1 amide bonds. The van der Waals surface area contributed by atoms with Crippen molar-refractivity contribution in [1.82, 2.24) is 15.0 Å². The number of amides is 1. The zero-order valence-electron chi connectivity index (χ0n) is 14.3. The molecule has 3 heterocycles. The van der Waals surface area contributed by atoms with Gasteiger partial charge in [0.05, 0.1) is 4.88 Å². The third-order valence-electron chi connectivity index (χ3n) is 4.02. The molecular weight excluding hydrogens is 354 g/mol. The molecule has 0 spiro atoms. The molecule has 26 heavy (non-hydrogen) atoms. The minimum Gasteiger partial charge on any atom is -0.454 e. The Labute approximate surface area is 154 Å². The molecule has 0 N–H and O–H groups in total. The predicted octanol–water partition coefficient (Wildman–Crippen LogP) is 3.58. The monoisotopic (exact) mass is 371 g/mol. The van der Waals surface area contributed by atoms with Crippen LogP contribution in [0.1, 0.15) is 30.1 Å². The van der Waals surface area contributed by atoms with Crippen molar-refractivity contribution in [3.63, 3.8) is 0 Å². The van der Waals surface area contributed by atoms with Crippen molar-refractivity contribution < 1.29 is 18.8 Å². The number of aromatic nitrogens is 2. The van der Waals surface area contributed by atoms with Gasteiger partial charge in [0.15, 0.2) is 11.5 Å². The van der Waals surface area contributed by atoms with Crippen LogP contribution in [0.25, 0.3) is 10.7 Å². The van der Waals surface area contributed by atoms with E-state index >= 15 is 0 Å². The third kappa shape index (κ3) is 3.15. The van der Waals surface area contributed by atoms with E-state index in [0.29, 0.717) is 28.8 Å². The average Bonchev–Trinajstić information content (AvgIpc) is 3.39. The molecule has 7 nitrogen and oxygen atoms in total. The van der Waals surface area contributed by atoms with Crippen LogP contribution in [-0.4, -0.2) is 33.8 Å². The van der Waals surface area contributed by atoms with Crippen LogP contribution in [-0.2, 0) is 6.54 Å². The van der Waals surface area contributed by atoms with E-state index in [0.717, 1.165) is 4.88 Å². The van der Waals surface area contributed by atoms with E-state index < -0.39 is 0 Å². The van der Waals surface area contributed by atoms with Gasteiger partial charge < -0.3 is 18.9 Å². The number of hydrogen-bond acceptors (Lipinski definition) is 7. The molecule has 0 atom stereocenters. The molecule has 0 fully saturated rings. The second-order valence-corrected chi connectivity index (χ2v) is 7.03. The normalized spacial score (nSPS) is 12.6. The van der Waals surface area contributed by atoms with Crippen molar-refractivity contribution in [2.24, 2.45) is 0 Å². The summed E-state index contributed by atoms with van der Waals surface area (Å²) in [7, 11) is 0. The van der Waals surface area contributed by atoms with Gasteiger partial charge in [-0.05, 0) is 43.5 Å². The molecule has 8 heteroatoms. The number of ether oxygens (including phenoxy) is 2. The lowest BCUT2D eigenvalue weighted by Crippen LogP contribution is -2.36. The highest BCUT2D eigenvalue weighted by atomic mass is 32.1. The van der Waals surface area contributed by atoms with Gasteiger partial charge in [0, 0.05) is 11.6 Å². The zero-order valence-corrected chi connectivity index (χ0v) is 15.2. The minimum absolute atomic E-state index is 0.0370. The van der Waals surface area contributed by atoms with Crippen LogP contribution < -0.4 is 9.47 Å². The van der Waals surface area contributed by atoms with Crippen LogP contribution in [0.5, 0.6) is 11.5 Å². The second kappa shape index (κ2) is 6.80. The third-order valence-corrected chi connectivity index (χ3v) is 4.88. The van der Waals surface area contributed by atoms with Gasteiger partial charge in [-0.2, -0.15) is 4.98 Å². The SMILES string of the molecule is CC(C)N(Cc1nc(-c2cccs2)no1)C(=O)c1ccc2c(c1)OCO2. The summed E-state index contributed by atoms with van der Waals surface area (Å²) in [6.07, 6.45) is 0. The summed E-state index contributed by atoms with van der Waals surface area (Å²) < 4.78 is 16.0. The summed E-state index contributed by atoms with van der Waals surface area (Å²) in [5.74, 6) is 2.03. The fourth-order valence-corrected chi connectivity index (χ4v) is 3.30. The molecule has 0 saturated carbocycles. The Bertz CT molecular complexity index is 920. The minimum atomic E-state index is -0.130. The van der Waals surface area contributed by atoms with Gasteiger partial charge in [-0.3, -0.25) is 4.79 Å². The first-order chi connectivity index (χ1) is 12.6. The summed E-state index contributed by atoms with van der Waals surface area (Å²) in [4.78, 5) is 20.0. The molecule has 3 aromatic rings. The van der Waals surface area contributed by atoms with Crippen molar-refractivity contribution in [3.8, 4) is 22.2 Å². The molecule has 0 saturated heterocycles. The highest BCUT2D eigenvalue weighted by molar-refractivity contribution is 7.13. The summed E-state index contributed by atoms with van der Waals surface area (Å²) >= 11 is 1.54. The van der Waals surface area contributed by atoms with E-state index in [2.05, 4.69) is 10.1 Å². The highest BCUT2D eigenvalue weighted by Gasteiger charge is 2.24. The molecule has 0 bridgehead atoms. The number of fused-ring (bicyclic) bond motifs is 1. The molecule has 4 rings (SSSR count). The number of carbonyl (C=O) groups excluding carboxylic acids is 1. The summed E-state index contributed by atoms with van der Waals surface area (Å²) in [6.45, 7) is 4.31. The van der Waals surface area contributed by atoms with Crippen LogP contribution in [0.2, 0.25) is 0 Å². The number of rotatable bonds is 5. The molecule has 0 radical (unpaired) electrons. The van der Waals surface area contributed by atoms with E-state index in [9.17, 15) is 4.79 Å². The quantitative estimate of drug-likeness (QED) is 0.682. The number of benzene rings is 1. The van der Waals surface area contributed by atoms with Gasteiger partial charge in [-0.1, -0.05) is 11.2 Å². The lowest BCUT2D eigenvalue weighted by molar-refractivity contribution is 0.0667. The Morgan fingerprint density at radius 3 is 2.88 bits per heavy atom. The maximum Gasteiger partial charge on any atom is 0.254 e. The molecule has 0 aliphatic carbocycles. The van der Waals surface area contributed by atoms with E-state index in [1.165, 1.54) is 11.3 Å². The molecule has 2 aromatic heterocycles. The van der Waals surface area contributed by atoms with Crippen LogP contribution in [0.4, 0.5) is 0 Å². The molecule has 1 aliphatic heterocycles. The van der Waals surface area contributed by atoms with Crippen molar-refractivity contribution in [3.05, 3.63) is 47.2 Å². The highest BCUT2D eigenvalue weighted by Crippen LogP contribution is 2.33. The number of hydrogen-bond donors (Lipinski definition) is 0. The number of thiophene rings is 1. The van der Waals surface area contributed by atoms with Crippen LogP contribution >= 0.6 is 11.3 Å². The topological polar surface area (TPSA) is 77.7 Å². The maximum atomic E-state index is 13.0. The first-order valence-corrected chi connectivity index (χ1v) is 9.07. The Hall–Kier alpha value is -2.87. The van der Waals surface area contributed by atoms with Gasteiger partial charge in [0.1, 0.15) is 6.54 Å². The van der Waals surface area contributed by atoms with Crippen molar-refractivity contribution in [1.29, 1.82) is 0 Å². The molecule has 134 valence electrons. The largest absolute Gasteiger partial charge is 0.454 e. The summed E-state index contributed by atoms with van der Waals surface area (Å²) in [6, 6.07) is 9.00. The van der Waals surface area contributed by atoms with E-state index in [-0.39, 0.29) is 25.3 Å². The van der Waals surface area contributed by atoms with Crippen molar-refractivity contribution in [2.75, 3.05) is 6.79 Å². The number of carbonyl (C=O) groups is 1. The Morgan fingerprint density at radius 2 is 2.12 bits per heavy atom. The molecule has 0 unspecified atom stereocenters. The van der Waals surface area contributed by atoms with Gasteiger partial charge in [-0.15, -0.1) is 11.3 Å². The van der Waals surface area contributed by atoms with Crippen LogP contribution in [0.15, 0.2) is 40.2 Å². The summed E-state index contributed by atoms with van der Waals surface area (Å²) in [5, 5.41) is 5.95. The van der Waals surface area contributed by atoms with Gasteiger partial charge in [-0.25, -0.2) is 0 Å². The van der Waals surface area contributed by atoms with Gasteiger partial charge in [0.25, 0.3) is 5.91 Å². The smallest absolute Gasteiger partial charge is 0.254 e. The number of nitrogens with zero attached hydrogens (tertiary/aromatic N) is 3. The van der Waals surface area contributed by atoms with E-state index in [1.54, 1.807) is 23.1 Å². The van der Waals surface area contributed by atoms with Gasteiger partial charge in [0.2, 0.25) is 18.5 Å². The predicted molar refractivity (Wildman–Crippen MR) is 95.2 cm³/mol. The van der Waals surface area contributed by atoms with E-state index in [4.69, 9.17) is 14.0 Å². The lowest BCUT2D eigenvalue weighted by Gasteiger charge is -2.25. The lowest BCUT2D eigenvalue weighted by atomic mass is 10.1. The van der Waals surface area contributed by atoms with Crippen molar-refractivity contribution in [2.45, 2.75) is 26.4 Å². The Morgan fingerprint density at radius 1 is 1.27 bits per heavy atom. The zero-order chi connectivity index (χ0) is 18.1. The fourth-order valence-electron chi connectivity index (χ4n) is 2.65. The average molecular weight is 371 g/mol.